The van der Waals surface area contributed by atoms with Gasteiger partial charge in [0.15, 0.2) is 11.6 Å². The molecule has 0 fully saturated rings. The Morgan fingerprint density at radius 2 is 1.11 bits per heavy atom. The van der Waals surface area contributed by atoms with E-state index in [1.807, 2.05) is 72.8 Å². The summed E-state index contributed by atoms with van der Waals surface area (Å²) < 4.78 is 8.64. The number of benzene rings is 6. The van der Waals surface area contributed by atoms with Crippen molar-refractivity contribution in [2.45, 2.75) is 19.3 Å². The van der Waals surface area contributed by atoms with Crippen molar-refractivity contribution in [3.8, 4) is 39.9 Å². The van der Waals surface area contributed by atoms with Gasteiger partial charge in [0, 0.05) is 38.1 Å². The van der Waals surface area contributed by atoms with Gasteiger partial charge in [0.1, 0.15) is 11.2 Å². The molecule has 0 unspecified atom stereocenters. The van der Waals surface area contributed by atoms with Crippen molar-refractivity contribution in [3.63, 3.8) is 0 Å². The fourth-order valence-electron chi connectivity index (χ4n) is 7.54. The number of nitrogens with zero attached hydrogens (tertiary/aromatic N) is 4. The van der Waals surface area contributed by atoms with Crippen LogP contribution in [0.25, 0.3) is 83.6 Å². The number of furan rings is 1. The third-order valence-corrected chi connectivity index (χ3v) is 9.85. The molecule has 222 valence electrons. The first-order chi connectivity index (χ1) is 23.0. The maximum absolute atomic E-state index is 6.41. The summed E-state index contributed by atoms with van der Waals surface area (Å²) in [5, 5.41) is 4.39. The molecule has 0 saturated carbocycles. The van der Waals surface area contributed by atoms with Gasteiger partial charge in [-0.05, 0) is 52.6 Å². The molecule has 0 saturated heterocycles. The number of rotatable bonds is 3. The number of fused-ring (bicyclic) bond motifs is 9. The van der Waals surface area contributed by atoms with Gasteiger partial charge in [-0.3, -0.25) is 4.57 Å². The Morgan fingerprint density at radius 1 is 0.489 bits per heavy atom. The van der Waals surface area contributed by atoms with Crippen LogP contribution >= 0.6 is 0 Å². The second kappa shape index (κ2) is 9.47. The highest BCUT2D eigenvalue weighted by molar-refractivity contribution is 6.18. The molecular formula is C42H28N4O. The quantitative estimate of drug-likeness (QED) is 0.201. The van der Waals surface area contributed by atoms with Crippen molar-refractivity contribution >= 4 is 43.7 Å². The molecule has 10 rings (SSSR count). The molecule has 5 nitrogen and oxygen atoms in total. The lowest BCUT2D eigenvalue weighted by Gasteiger charge is -2.21. The summed E-state index contributed by atoms with van der Waals surface area (Å²) in [4.78, 5) is 15.4. The molecule has 0 aliphatic heterocycles. The van der Waals surface area contributed by atoms with Crippen molar-refractivity contribution in [3.05, 3.63) is 145 Å². The third kappa shape index (κ3) is 3.74. The zero-order valence-electron chi connectivity index (χ0n) is 25.9. The molecule has 1 aliphatic rings. The lowest BCUT2D eigenvalue weighted by molar-refractivity contribution is 0.661. The van der Waals surface area contributed by atoms with Crippen LogP contribution in [0.2, 0.25) is 0 Å². The van der Waals surface area contributed by atoms with E-state index in [9.17, 15) is 0 Å². The molecule has 0 N–H and O–H groups in total. The van der Waals surface area contributed by atoms with E-state index in [1.54, 1.807) is 0 Å². The first-order valence-electron chi connectivity index (χ1n) is 16.0. The van der Waals surface area contributed by atoms with E-state index in [-0.39, 0.29) is 5.41 Å². The highest BCUT2D eigenvalue weighted by Crippen LogP contribution is 2.51. The van der Waals surface area contributed by atoms with Crippen LogP contribution in [0.5, 0.6) is 0 Å². The molecule has 5 heteroatoms. The number of aromatic nitrogens is 4. The number of hydrogen-bond acceptors (Lipinski definition) is 4. The third-order valence-electron chi connectivity index (χ3n) is 9.85. The van der Waals surface area contributed by atoms with Gasteiger partial charge in [-0.15, -0.1) is 0 Å². The molecule has 0 bridgehead atoms. The Hall–Kier alpha value is -6.07. The van der Waals surface area contributed by atoms with Crippen molar-refractivity contribution in [2.75, 3.05) is 0 Å². The predicted molar refractivity (Wildman–Crippen MR) is 190 cm³/mol. The highest BCUT2D eigenvalue weighted by atomic mass is 16.3. The maximum Gasteiger partial charge on any atom is 0.238 e. The average Bonchev–Trinajstić information content (AvgIpc) is 3.72. The monoisotopic (exact) mass is 604 g/mol. The van der Waals surface area contributed by atoms with E-state index < -0.39 is 0 Å². The summed E-state index contributed by atoms with van der Waals surface area (Å²) in [7, 11) is 0. The molecule has 9 aromatic rings. The first-order valence-corrected chi connectivity index (χ1v) is 16.0. The SMILES string of the molecule is CC1(C)c2ccccc2-c2cc3c4cc5oc6ccccc6c5cc4n(-c4nc(-c5ccccc5)nc(-c5ccccc5)n4)c3cc21. The molecule has 3 aromatic heterocycles. The lowest BCUT2D eigenvalue weighted by Crippen LogP contribution is -2.15. The topological polar surface area (TPSA) is 56.7 Å². The fourth-order valence-corrected chi connectivity index (χ4v) is 7.54. The minimum absolute atomic E-state index is 0.158. The van der Waals surface area contributed by atoms with E-state index in [2.05, 4.69) is 79.1 Å². The largest absolute Gasteiger partial charge is 0.456 e. The molecule has 3 heterocycles. The van der Waals surface area contributed by atoms with Gasteiger partial charge in [-0.2, -0.15) is 9.97 Å². The summed E-state index contributed by atoms with van der Waals surface area (Å²) in [6.07, 6.45) is 0. The normalized spacial score (nSPS) is 13.5. The maximum atomic E-state index is 6.41. The van der Waals surface area contributed by atoms with E-state index in [0.29, 0.717) is 17.6 Å². The summed E-state index contributed by atoms with van der Waals surface area (Å²) in [5.41, 5.74) is 10.7. The Balaban J connectivity index is 1.35. The van der Waals surface area contributed by atoms with Crippen LogP contribution < -0.4 is 0 Å². The number of hydrogen-bond donors (Lipinski definition) is 0. The smallest absolute Gasteiger partial charge is 0.238 e. The van der Waals surface area contributed by atoms with Crippen LogP contribution in [0.1, 0.15) is 25.0 Å². The van der Waals surface area contributed by atoms with Crippen molar-refractivity contribution in [1.29, 1.82) is 0 Å². The first kappa shape index (κ1) is 26.2. The van der Waals surface area contributed by atoms with Crippen molar-refractivity contribution in [2.24, 2.45) is 0 Å². The fraction of sp³-hybridized carbons (Fsp3) is 0.0714. The number of para-hydroxylation sites is 1. The summed E-state index contributed by atoms with van der Waals surface area (Å²) in [6, 6.07) is 46.5. The van der Waals surface area contributed by atoms with Crippen molar-refractivity contribution < 1.29 is 4.42 Å². The second-order valence-corrected chi connectivity index (χ2v) is 12.9. The van der Waals surface area contributed by atoms with E-state index >= 15 is 0 Å². The van der Waals surface area contributed by atoms with Gasteiger partial charge in [-0.25, -0.2) is 4.98 Å². The van der Waals surface area contributed by atoms with E-state index in [4.69, 9.17) is 19.4 Å². The van der Waals surface area contributed by atoms with Crippen LogP contribution in [-0.4, -0.2) is 19.5 Å². The molecule has 0 radical (unpaired) electrons. The predicted octanol–water partition coefficient (Wildman–Crippen LogP) is 10.5. The van der Waals surface area contributed by atoms with Crippen LogP contribution in [-0.2, 0) is 5.41 Å². The minimum atomic E-state index is -0.158. The molecule has 0 spiro atoms. The molecular weight excluding hydrogens is 576 g/mol. The Bertz CT molecular complexity index is 2640. The second-order valence-electron chi connectivity index (χ2n) is 12.9. The van der Waals surface area contributed by atoms with Crippen molar-refractivity contribution in [1.82, 2.24) is 19.5 Å². The van der Waals surface area contributed by atoms with E-state index in [0.717, 1.165) is 54.9 Å². The van der Waals surface area contributed by atoms with Gasteiger partial charge in [0.05, 0.1) is 11.0 Å². The Labute approximate surface area is 270 Å². The molecule has 6 aromatic carbocycles. The zero-order valence-corrected chi connectivity index (χ0v) is 25.9. The van der Waals surface area contributed by atoms with Crippen LogP contribution in [0.4, 0.5) is 0 Å². The summed E-state index contributed by atoms with van der Waals surface area (Å²) in [6.45, 7) is 4.64. The van der Waals surface area contributed by atoms with Gasteiger partial charge in [-0.1, -0.05) is 117 Å². The van der Waals surface area contributed by atoms with Gasteiger partial charge >= 0.3 is 0 Å². The Morgan fingerprint density at radius 3 is 1.85 bits per heavy atom. The van der Waals surface area contributed by atoms with Gasteiger partial charge < -0.3 is 4.42 Å². The summed E-state index contributed by atoms with van der Waals surface area (Å²) in [5.74, 6) is 1.85. The minimum Gasteiger partial charge on any atom is -0.456 e. The Kier molecular flexibility index (Phi) is 5.28. The highest BCUT2D eigenvalue weighted by Gasteiger charge is 2.36. The zero-order chi connectivity index (χ0) is 31.3. The van der Waals surface area contributed by atoms with Gasteiger partial charge in [0.25, 0.3) is 0 Å². The molecule has 0 atom stereocenters. The van der Waals surface area contributed by atoms with Crippen LogP contribution in [0, 0.1) is 0 Å². The molecule has 47 heavy (non-hydrogen) atoms. The molecule has 0 amide bonds. The standard InChI is InChI=1S/C42H28N4O/c1-42(2)33-19-11-9-17-27(33)29-21-30-31-23-38-32(28-18-10-12-20-37(28)47-38)22-35(31)46(36(30)24-34(29)42)41-44-39(25-13-5-3-6-14-25)43-40(45-41)26-15-7-4-8-16-26/h3-24H,1-2H3. The van der Waals surface area contributed by atoms with Gasteiger partial charge in [0.2, 0.25) is 5.95 Å². The lowest BCUT2D eigenvalue weighted by atomic mass is 9.82. The van der Waals surface area contributed by atoms with E-state index in [1.165, 1.54) is 22.3 Å². The summed E-state index contributed by atoms with van der Waals surface area (Å²) >= 11 is 0. The molecule has 1 aliphatic carbocycles. The van der Waals surface area contributed by atoms with Crippen LogP contribution in [0.15, 0.2) is 138 Å². The average molecular weight is 605 g/mol. The van der Waals surface area contributed by atoms with Crippen LogP contribution in [0.3, 0.4) is 0 Å².